The molecule has 0 unspecified atom stereocenters. The van der Waals surface area contributed by atoms with Crippen molar-refractivity contribution in [3.63, 3.8) is 0 Å². The van der Waals surface area contributed by atoms with Crippen molar-refractivity contribution in [2.75, 3.05) is 18.4 Å². The molecule has 0 amide bonds. The number of nitrogens with one attached hydrogen (secondary N) is 2. The molecule has 3 nitrogen and oxygen atoms in total. The predicted octanol–water partition coefficient (Wildman–Crippen LogP) is 2.46. The molecule has 4 heteroatoms. The minimum absolute atomic E-state index is 0.576. The molecule has 0 saturated carbocycles. The van der Waals surface area contributed by atoms with Gasteiger partial charge >= 0.3 is 0 Å². The van der Waals surface area contributed by atoms with Crippen molar-refractivity contribution in [1.29, 1.82) is 0 Å². The predicted molar refractivity (Wildman–Crippen MR) is 69.1 cm³/mol. The number of anilines is 1. The van der Waals surface area contributed by atoms with Crippen molar-refractivity contribution in [2.45, 2.75) is 18.9 Å². The van der Waals surface area contributed by atoms with Gasteiger partial charge in [0.15, 0.2) is 0 Å². The minimum atomic E-state index is 0.576. The highest BCUT2D eigenvalue weighted by Gasteiger charge is 2.14. The summed E-state index contributed by atoms with van der Waals surface area (Å²) in [5.41, 5.74) is 0. The molecule has 2 heterocycles. The van der Waals surface area contributed by atoms with Gasteiger partial charge in [-0.1, -0.05) is 12.1 Å². The first-order chi connectivity index (χ1) is 7.93. The summed E-state index contributed by atoms with van der Waals surface area (Å²) >= 11 is 1.57. The average molecular weight is 233 g/mol. The molecule has 0 bridgehead atoms. The van der Waals surface area contributed by atoms with E-state index in [1.807, 2.05) is 0 Å². The number of hydrogen-bond donors (Lipinski definition) is 2. The number of piperidine rings is 1. The lowest BCUT2D eigenvalue weighted by Gasteiger charge is -2.23. The summed E-state index contributed by atoms with van der Waals surface area (Å²) in [5.74, 6) is 1.06. The second-order valence-corrected chi connectivity index (χ2v) is 5.00. The molecule has 3 rings (SSSR count). The van der Waals surface area contributed by atoms with Gasteiger partial charge in [-0.3, -0.25) is 0 Å². The third kappa shape index (κ3) is 1.90. The number of rotatable bonds is 2. The van der Waals surface area contributed by atoms with Gasteiger partial charge in [0.1, 0.15) is 5.82 Å². The van der Waals surface area contributed by atoms with Crippen LogP contribution >= 0.6 is 11.5 Å². The van der Waals surface area contributed by atoms with Crippen LogP contribution in [-0.2, 0) is 0 Å². The lowest BCUT2D eigenvalue weighted by atomic mass is 10.1. The highest BCUT2D eigenvalue weighted by atomic mass is 32.1. The highest BCUT2D eigenvalue weighted by molar-refractivity contribution is 7.13. The Morgan fingerprint density at radius 2 is 2.06 bits per heavy atom. The van der Waals surface area contributed by atoms with Crippen LogP contribution in [0.1, 0.15) is 12.8 Å². The highest BCUT2D eigenvalue weighted by Crippen LogP contribution is 2.27. The second-order valence-electron chi connectivity index (χ2n) is 4.20. The zero-order valence-corrected chi connectivity index (χ0v) is 9.89. The smallest absolute Gasteiger partial charge is 0.147 e. The molecule has 2 aromatic rings. The number of hydrogen-bond acceptors (Lipinski definition) is 4. The Hall–Kier alpha value is -1.13. The van der Waals surface area contributed by atoms with Crippen LogP contribution in [0.15, 0.2) is 24.3 Å². The van der Waals surface area contributed by atoms with E-state index in [2.05, 4.69) is 39.3 Å². The number of nitrogens with zero attached hydrogens (tertiary/aromatic N) is 1. The van der Waals surface area contributed by atoms with E-state index in [1.165, 1.54) is 22.9 Å². The number of benzene rings is 1. The van der Waals surface area contributed by atoms with Crippen LogP contribution in [0.5, 0.6) is 0 Å². The summed E-state index contributed by atoms with van der Waals surface area (Å²) in [7, 11) is 0. The molecule has 0 spiro atoms. The Morgan fingerprint density at radius 1 is 1.25 bits per heavy atom. The first-order valence-corrected chi connectivity index (χ1v) is 6.52. The summed E-state index contributed by atoms with van der Waals surface area (Å²) in [6, 6.07) is 8.98. The van der Waals surface area contributed by atoms with Gasteiger partial charge in [-0.2, -0.15) is 4.37 Å². The van der Waals surface area contributed by atoms with Crippen LogP contribution in [0.2, 0.25) is 0 Å². The number of aromatic nitrogens is 1. The van der Waals surface area contributed by atoms with Gasteiger partial charge < -0.3 is 10.6 Å². The minimum Gasteiger partial charge on any atom is -0.366 e. The van der Waals surface area contributed by atoms with E-state index in [-0.39, 0.29) is 0 Å². The van der Waals surface area contributed by atoms with Gasteiger partial charge in [0.25, 0.3) is 0 Å². The first-order valence-electron chi connectivity index (χ1n) is 5.75. The number of fused-ring (bicyclic) bond motifs is 1. The van der Waals surface area contributed by atoms with Gasteiger partial charge in [0, 0.05) is 11.4 Å². The SMILES string of the molecule is c1ccc2c(NC3CCNCC3)nsc2c1. The Balaban J connectivity index is 1.83. The van der Waals surface area contributed by atoms with Crippen molar-refractivity contribution >= 4 is 27.4 Å². The standard InChI is InChI=1S/C12H15N3S/c1-2-4-11-10(3-1)12(15-16-11)14-9-5-7-13-8-6-9/h1-4,9,13H,5-8H2,(H,14,15). The van der Waals surface area contributed by atoms with Crippen molar-refractivity contribution in [3.8, 4) is 0 Å². The molecule has 2 N–H and O–H groups in total. The van der Waals surface area contributed by atoms with Crippen molar-refractivity contribution in [3.05, 3.63) is 24.3 Å². The third-order valence-corrected chi connectivity index (χ3v) is 3.88. The van der Waals surface area contributed by atoms with E-state index in [0.29, 0.717) is 6.04 Å². The summed E-state index contributed by atoms with van der Waals surface area (Å²) in [4.78, 5) is 0. The Labute approximate surface area is 99.0 Å². The molecule has 1 fully saturated rings. The van der Waals surface area contributed by atoms with E-state index in [9.17, 15) is 0 Å². The van der Waals surface area contributed by atoms with Crippen molar-refractivity contribution < 1.29 is 0 Å². The second kappa shape index (κ2) is 4.39. The topological polar surface area (TPSA) is 37.0 Å². The zero-order valence-electron chi connectivity index (χ0n) is 9.07. The lowest BCUT2D eigenvalue weighted by Crippen LogP contribution is -2.35. The van der Waals surface area contributed by atoms with E-state index < -0.39 is 0 Å². The molecular weight excluding hydrogens is 218 g/mol. The summed E-state index contributed by atoms with van der Waals surface area (Å²) < 4.78 is 5.76. The van der Waals surface area contributed by atoms with Crippen molar-refractivity contribution in [1.82, 2.24) is 9.69 Å². The molecule has 1 saturated heterocycles. The van der Waals surface area contributed by atoms with Crippen LogP contribution in [0.25, 0.3) is 10.1 Å². The van der Waals surface area contributed by atoms with Crippen LogP contribution in [0.4, 0.5) is 5.82 Å². The normalized spacial score (nSPS) is 17.8. The molecule has 84 valence electrons. The van der Waals surface area contributed by atoms with Crippen LogP contribution in [0, 0.1) is 0 Å². The fourth-order valence-electron chi connectivity index (χ4n) is 2.15. The Bertz CT molecular complexity index is 474. The molecule has 1 aromatic carbocycles. The summed E-state index contributed by atoms with van der Waals surface area (Å²) in [6.45, 7) is 2.22. The van der Waals surface area contributed by atoms with Crippen LogP contribution in [0.3, 0.4) is 0 Å². The Kier molecular flexibility index (Phi) is 2.76. The monoisotopic (exact) mass is 233 g/mol. The summed E-state index contributed by atoms with van der Waals surface area (Å²) in [5, 5.41) is 8.19. The van der Waals surface area contributed by atoms with Gasteiger partial charge in [-0.05, 0) is 49.6 Å². The molecule has 1 aliphatic heterocycles. The van der Waals surface area contributed by atoms with Crippen LogP contribution < -0.4 is 10.6 Å². The first kappa shape index (κ1) is 10.1. The van der Waals surface area contributed by atoms with Gasteiger partial charge in [-0.25, -0.2) is 0 Å². The Morgan fingerprint density at radius 3 is 2.94 bits per heavy atom. The van der Waals surface area contributed by atoms with E-state index in [1.54, 1.807) is 11.5 Å². The molecule has 0 radical (unpaired) electrons. The maximum absolute atomic E-state index is 4.50. The van der Waals surface area contributed by atoms with Gasteiger partial charge in [-0.15, -0.1) is 0 Å². The quantitative estimate of drug-likeness (QED) is 0.836. The van der Waals surface area contributed by atoms with Gasteiger partial charge in [0.05, 0.1) is 4.70 Å². The van der Waals surface area contributed by atoms with E-state index >= 15 is 0 Å². The largest absolute Gasteiger partial charge is 0.366 e. The molecule has 0 aliphatic carbocycles. The van der Waals surface area contributed by atoms with Gasteiger partial charge in [0.2, 0.25) is 0 Å². The van der Waals surface area contributed by atoms with E-state index in [0.717, 1.165) is 18.9 Å². The molecule has 16 heavy (non-hydrogen) atoms. The molecule has 1 aromatic heterocycles. The maximum atomic E-state index is 4.50. The average Bonchev–Trinajstić information content (AvgIpc) is 2.74. The third-order valence-electron chi connectivity index (χ3n) is 3.06. The lowest BCUT2D eigenvalue weighted by molar-refractivity contribution is 0.479. The summed E-state index contributed by atoms with van der Waals surface area (Å²) in [6.07, 6.45) is 2.37. The fourth-order valence-corrected chi connectivity index (χ4v) is 2.89. The van der Waals surface area contributed by atoms with Crippen molar-refractivity contribution in [2.24, 2.45) is 0 Å². The molecule has 0 atom stereocenters. The molecule has 1 aliphatic rings. The van der Waals surface area contributed by atoms with Crippen LogP contribution in [-0.4, -0.2) is 23.5 Å². The molecular formula is C12H15N3S. The fraction of sp³-hybridized carbons (Fsp3) is 0.417. The van der Waals surface area contributed by atoms with E-state index in [4.69, 9.17) is 0 Å². The zero-order chi connectivity index (χ0) is 10.8. The maximum Gasteiger partial charge on any atom is 0.147 e.